The molecule has 0 heterocycles. The minimum Gasteiger partial charge on any atom is -0.478 e. The van der Waals surface area contributed by atoms with E-state index in [9.17, 15) is 9.90 Å². The van der Waals surface area contributed by atoms with Gasteiger partial charge >= 0.3 is 5.97 Å². The number of aryl methyl sites for hydroxylation is 1. The van der Waals surface area contributed by atoms with Gasteiger partial charge in [-0.3, -0.25) is 0 Å². The number of benzene rings is 1. The molecule has 0 aliphatic heterocycles. The molecule has 4 heteroatoms. The number of hydrogen-bond acceptors (Lipinski definition) is 3. The first-order valence-electron chi connectivity index (χ1n) is 6.77. The van der Waals surface area contributed by atoms with Crippen LogP contribution in [0.2, 0.25) is 0 Å². The molecule has 104 valence electrons. The van der Waals surface area contributed by atoms with Gasteiger partial charge in [0.1, 0.15) is 0 Å². The number of nitrogens with two attached hydrogens (primary N) is 1. The highest BCUT2D eigenvalue weighted by atomic mass is 32.2. The molecule has 1 aromatic carbocycles. The molecule has 2 unspecified atom stereocenters. The molecule has 0 aromatic heterocycles. The Labute approximate surface area is 118 Å². The van der Waals surface area contributed by atoms with Gasteiger partial charge in [0.2, 0.25) is 0 Å². The number of carbonyl (C=O) groups is 1. The zero-order chi connectivity index (χ0) is 14.0. The third-order valence-corrected chi connectivity index (χ3v) is 5.05. The van der Waals surface area contributed by atoms with E-state index in [1.54, 1.807) is 17.8 Å². The van der Waals surface area contributed by atoms with Crippen molar-refractivity contribution >= 4 is 23.4 Å². The van der Waals surface area contributed by atoms with Crippen LogP contribution in [0.5, 0.6) is 0 Å². The lowest BCUT2D eigenvalue weighted by Gasteiger charge is -2.26. The molecule has 0 spiro atoms. The van der Waals surface area contributed by atoms with Crippen LogP contribution in [-0.2, 0) is 0 Å². The van der Waals surface area contributed by atoms with E-state index in [0.717, 1.165) is 16.4 Å². The van der Waals surface area contributed by atoms with E-state index in [-0.39, 0.29) is 5.56 Å². The highest BCUT2D eigenvalue weighted by molar-refractivity contribution is 8.00. The molecule has 2 atom stereocenters. The molecular weight excluding hydrogens is 258 g/mol. The summed E-state index contributed by atoms with van der Waals surface area (Å²) in [7, 11) is 0. The average molecular weight is 279 g/mol. The van der Waals surface area contributed by atoms with Crippen LogP contribution in [0.1, 0.15) is 48.5 Å². The Kier molecular flexibility index (Phi) is 4.40. The van der Waals surface area contributed by atoms with Gasteiger partial charge in [-0.05, 0) is 43.4 Å². The second-order valence-electron chi connectivity index (χ2n) is 5.52. The normalized spacial score (nSPS) is 23.3. The summed E-state index contributed by atoms with van der Waals surface area (Å²) in [6.07, 6.45) is 5.04. The molecule has 1 saturated carbocycles. The van der Waals surface area contributed by atoms with Crippen molar-refractivity contribution in [3.63, 3.8) is 0 Å². The molecule has 3 N–H and O–H groups in total. The smallest absolute Gasteiger partial charge is 0.337 e. The first-order chi connectivity index (χ1) is 8.97. The number of thioether (sulfide) groups is 1. The van der Waals surface area contributed by atoms with Crippen molar-refractivity contribution in [3.05, 3.63) is 23.3 Å². The largest absolute Gasteiger partial charge is 0.478 e. The Balaban J connectivity index is 2.18. The first-order valence-corrected chi connectivity index (χ1v) is 7.65. The number of carboxylic acid groups (broad SMARTS) is 1. The van der Waals surface area contributed by atoms with Gasteiger partial charge in [0, 0.05) is 15.8 Å². The van der Waals surface area contributed by atoms with E-state index in [2.05, 4.69) is 6.92 Å². The van der Waals surface area contributed by atoms with Crippen LogP contribution < -0.4 is 5.73 Å². The van der Waals surface area contributed by atoms with Gasteiger partial charge in [0.15, 0.2) is 0 Å². The summed E-state index contributed by atoms with van der Waals surface area (Å²) < 4.78 is 0. The summed E-state index contributed by atoms with van der Waals surface area (Å²) in [4.78, 5) is 12.2. The summed E-state index contributed by atoms with van der Waals surface area (Å²) in [6.45, 7) is 4.17. The van der Waals surface area contributed by atoms with E-state index in [1.165, 1.54) is 25.7 Å². The molecule has 0 saturated heterocycles. The maximum absolute atomic E-state index is 11.2. The number of aromatic carboxylic acids is 1. The van der Waals surface area contributed by atoms with Crippen LogP contribution in [-0.4, -0.2) is 16.3 Å². The van der Waals surface area contributed by atoms with E-state index in [1.807, 2.05) is 13.0 Å². The Morgan fingerprint density at radius 1 is 1.42 bits per heavy atom. The monoisotopic (exact) mass is 279 g/mol. The van der Waals surface area contributed by atoms with Crippen molar-refractivity contribution in [1.29, 1.82) is 0 Å². The summed E-state index contributed by atoms with van der Waals surface area (Å²) >= 11 is 1.80. The Bertz CT molecular complexity index is 487. The Hall–Kier alpha value is -1.16. The molecule has 1 aromatic rings. The average Bonchev–Trinajstić information content (AvgIpc) is 2.33. The van der Waals surface area contributed by atoms with E-state index >= 15 is 0 Å². The Morgan fingerprint density at radius 3 is 2.79 bits per heavy atom. The number of nitrogen functional groups attached to an aromatic ring is 1. The summed E-state index contributed by atoms with van der Waals surface area (Å²) in [5.41, 5.74) is 7.28. The fourth-order valence-electron chi connectivity index (χ4n) is 2.69. The van der Waals surface area contributed by atoms with E-state index < -0.39 is 5.97 Å². The minimum atomic E-state index is -0.944. The Morgan fingerprint density at radius 2 is 2.16 bits per heavy atom. The standard InChI is InChI=1S/C15H21NO2S/c1-9-4-3-5-11(6-9)19-12-7-10(2)14(16)13(8-12)15(17)18/h7-9,11H,3-6,16H2,1-2H3,(H,17,18). The number of anilines is 1. The van der Waals surface area contributed by atoms with Crippen LogP contribution in [0.3, 0.4) is 0 Å². The lowest BCUT2D eigenvalue weighted by molar-refractivity contribution is 0.0697. The minimum absolute atomic E-state index is 0.228. The van der Waals surface area contributed by atoms with Crippen molar-refractivity contribution in [2.75, 3.05) is 5.73 Å². The zero-order valence-corrected chi connectivity index (χ0v) is 12.3. The van der Waals surface area contributed by atoms with Gasteiger partial charge in [0.25, 0.3) is 0 Å². The molecule has 1 fully saturated rings. The maximum Gasteiger partial charge on any atom is 0.337 e. The topological polar surface area (TPSA) is 63.3 Å². The van der Waals surface area contributed by atoms with Gasteiger partial charge in [-0.15, -0.1) is 11.8 Å². The van der Waals surface area contributed by atoms with Crippen molar-refractivity contribution < 1.29 is 9.90 Å². The predicted octanol–water partition coefficient (Wildman–Crippen LogP) is 3.95. The lowest BCUT2D eigenvalue weighted by Crippen LogP contribution is -2.15. The number of rotatable bonds is 3. The molecule has 3 nitrogen and oxygen atoms in total. The zero-order valence-electron chi connectivity index (χ0n) is 11.5. The summed E-state index contributed by atoms with van der Waals surface area (Å²) in [5, 5.41) is 9.78. The quantitative estimate of drug-likeness (QED) is 0.822. The molecular formula is C15H21NO2S. The first kappa shape index (κ1) is 14.3. The van der Waals surface area contributed by atoms with Crippen molar-refractivity contribution in [2.45, 2.75) is 49.7 Å². The van der Waals surface area contributed by atoms with Crippen LogP contribution >= 0.6 is 11.8 Å². The van der Waals surface area contributed by atoms with Crippen LogP contribution in [0.25, 0.3) is 0 Å². The van der Waals surface area contributed by atoms with Gasteiger partial charge in [0.05, 0.1) is 5.56 Å². The number of hydrogen-bond donors (Lipinski definition) is 2. The van der Waals surface area contributed by atoms with Crippen molar-refractivity contribution in [2.24, 2.45) is 5.92 Å². The fourth-order valence-corrected chi connectivity index (χ4v) is 4.21. The van der Waals surface area contributed by atoms with E-state index in [4.69, 9.17) is 5.73 Å². The predicted molar refractivity (Wildman–Crippen MR) is 79.8 cm³/mol. The third-order valence-electron chi connectivity index (χ3n) is 3.78. The molecule has 1 aliphatic rings. The highest BCUT2D eigenvalue weighted by Crippen LogP contribution is 2.37. The highest BCUT2D eigenvalue weighted by Gasteiger charge is 2.21. The third kappa shape index (κ3) is 3.44. The molecule has 2 rings (SSSR count). The lowest BCUT2D eigenvalue weighted by atomic mass is 9.91. The summed E-state index contributed by atoms with van der Waals surface area (Å²) in [6, 6.07) is 3.72. The van der Waals surface area contributed by atoms with Crippen molar-refractivity contribution in [3.8, 4) is 0 Å². The second-order valence-corrected chi connectivity index (χ2v) is 6.89. The van der Waals surface area contributed by atoms with Crippen LogP contribution in [0.4, 0.5) is 5.69 Å². The molecule has 1 aliphatic carbocycles. The van der Waals surface area contributed by atoms with Gasteiger partial charge in [-0.1, -0.05) is 19.8 Å². The molecule has 0 bridgehead atoms. The van der Waals surface area contributed by atoms with E-state index in [0.29, 0.717) is 10.9 Å². The van der Waals surface area contributed by atoms with Crippen molar-refractivity contribution in [1.82, 2.24) is 0 Å². The van der Waals surface area contributed by atoms with Crippen LogP contribution in [0, 0.1) is 12.8 Å². The number of carboxylic acids is 1. The summed E-state index contributed by atoms with van der Waals surface area (Å²) in [5.74, 6) is -0.167. The fraction of sp³-hybridized carbons (Fsp3) is 0.533. The second kappa shape index (κ2) is 5.87. The molecule has 0 radical (unpaired) electrons. The maximum atomic E-state index is 11.2. The molecule has 19 heavy (non-hydrogen) atoms. The van der Waals surface area contributed by atoms with Gasteiger partial charge < -0.3 is 10.8 Å². The molecule has 0 amide bonds. The van der Waals surface area contributed by atoms with Crippen LogP contribution in [0.15, 0.2) is 17.0 Å². The van der Waals surface area contributed by atoms with Gasteiger partial charge in [-0.2, -0.15) is 0 Å². The van der Waals surface area contributed by atoms with Gasteiger partial charge in [-0.25, -0.2) is 4.79 Å². The SMILES string of the molecule is Cc1cc(SC2CCCC(C)C2)cc(C(=O)O)c1N.